The van der Waals surface area contributed by atoms with Gasteiger partial charge in [0.1, 0.15) is 5.56 Å². The molecule has 8 heteroatoms. The van der Waals surface area contributed by atoms with Crippen LogP contribution in [-0.4, -0.2) is 38.6 Å². The van der Waals surface area contributed by atoms with E-state index in [0.717, 1.165) is 56.2 Å². The van der Waals surface area contributed by atoms with Crippen molar-refractivity contribution in [1.82, 2.24) is 24.9 Å². The second-order valence-electron chi connectivity index (χ2n) is 7.46. The molecule has 2 heterocycles. The summed E-state index contributed by atoms with van der Waals surface area (Å²) < 4.78 is 8.40. The van der Waals surface area contributed by atoms with E-state index in [1.165, 1.54) is 7.11 Å². The number of hydrogen-bond acceptors (Lipinski definition) is 5. The normalized spacial score (nSPS) is 21.7. The van der Waals surface area contributed by atoms with Gasteiger partial charge in [-0.25, -0.2) is 4.68 Å². The lowest BCUT2D eigenvalue weighted by atomic mass is 9.91. The van der Waals surface area contributed by atoms with Crippen LogP contribution in [0.1, 0.15) is 59.8 Å². The maximum atomic E-state index is 12.5. The molecule has 0 spiro atoms. The highest BCUT2D eigenvalue weighted by atomic mass is 16.5. The van der Waals surface area contributed by atoms with Crippen LogP contribution in [0.25, 0.3) is 0 Å². The van der Waals surface area contributed by atoms with Crippen LogP contribution >= 0.6 is 0 Å². The number of rotatable bonds is 4. The minimum Gasteiger partial charge on any atom is -0.479 e. The Hall–Kier alpha value is -2.64. The Bertz CT molecular complexity index is 909. The molecule has 2 aliphatic rings. The van der Waals surface area contributed by atoms with Gasteiger partial charge >= 0.3 is 0 Å². The summed E-state index contributed by atoms with van der Waals surface area (Å²) in [4.78, 5) is 24.9. The Balaban J connectivity index is 1.39. The van der Waals surface area contributed by atoms with Gasteiger partial charge in [-0.15, -0.1) is 5.10 Å². The number of carbonyl (C=O) groups is 1. The number of nitrogens with one attached hydrogen (secondary N) is 1. The average Bonchev–Trinajstić information content (AvgIpc) is 3.27. The van der Waals surface area contributed by atoms with Gasteiger partial charge in [-0.05, 0) is 50.5 Å². The first kappa shape index (κ1) is 17.8. The van der Waals surface area contributed by atoms with E-state index in [0.29, 0.717) is 11.4 Å². The Morgan fingerprint density at radius 2 is 2.00 bits per heavy atom. The van der Waals surface area contributed by atoms with Crippen LogP contribution in [0, 0.1) is 0 Å². The van der Waals surface area contributed by atoms with Crippen molar-refractivity contribution < 1.29 is 9.53 Å². The van der Waals surface area contributed by atoms with Gasteiger partial charge in [0.15, 0.2) is 0 Å². The van der Waals surface area contributed by atoms with E-state index in [2.05, 4.69) is 15.5 Å². The van der Waals surface area contributed by atoms with E-state index >= 15 is 0 Å². The van der Waals surface area contributed by atoms with E-state index in [9.17, 15) is 9.59 Å². The van der Waals surface area contributed by atoms with Crippen molar-refractivity contribution in [1.29, 1.82) is 0 Å². The lowest BCUT2D eigenvalue weighted by Gasteiger charge is -2.29. The zero-order valence-corrected chi connectivity index (χ0v) is 15.8. The summed E-state index contributed by atoms with van der Waals surface area (Å²) in [7, 11) is 3.26. The highest BCUT2D eigenvalue weighted by molar-refractivity contribution is 5.96. The van der Waals surface area contributed by atoms with Gasteiger partial charge in [-0.2, -0.15) is 5.10 Å². The highest BCUT2D eigenvalue weighted by Gasteiger charge is 2.27. The molecule has 0 saturated heterocycles. The molecular weight excluding hydrogens is 346 g/mol. The molecule has 4 rings (SSSR count). The molecule has 27 heavy (non-hydrogen) atoms. The standard InChI is InChI=1S/C19H25N5O3/c1-23-11-15(19(22-23)27-2)18(26)20-13-6-8-14(9-7-13)24-17(25)10-12-4-3-5-16(12)21-24/h10-11,13-14H,3-9H2,1-2H3,(H,20,26). The first-order valence-corrected chi connectivity index (χ1v) is 9.55. The number of nitrogens with zero attached hydrogens (tertiary/aromatic N) is 4. The van der Waals surface area contributed by atoms with Crippen molar-refractivity contribution >= 4 is 5.91 Å². The molecule has 1 amide bonds. The molecule has 0 aliphatic heterocycles. The van der Waals surface area contributed by atoms with E-state index in [1.54, 1.807) is 28.7 Å². The summed E-state index contributed by atoms with van der Waals surface area (Å²) in [6.07, 6.45) is 8.00. The van der Waals surface area contributed by atoms with Gasteiger partial charge in [0.25, 0.3) is 11.5 Å². The molecule has 1 N–H and O–H groups in total. The SMILES string of the molecule is COc1nn(C)cc1C(=O)NC1CCC(n2nc3c(cc2=O)CCC3)CC1. The van der Waals surface area contributed by atoms with E-state index in [-0.39, 0.29) is 23.6 Å². The molecule has 2 aliphatic carbocycles. The van der Waals surface area contributed by atoms with Crippen LogP contribution in [-0.2, 0) is 19.9 Å². The number of hydrogen-bond donors (Lipinski definition) is 1. The highest BCUT2D eigenvalue weighted by Crippen LogP contribution is 2.28. The quantitative estimate of drug-likeness (QED) is 0.877. The fourth-order valence-electron chi connectivity index (χ4n) is 4.18. The average molecular weight is 371 g/mol. The monoisotopic (exact) mass is 371 g/mol. The summed E-state index contributed by atoms with van der Waals surface area (Å²) in [6, 6.07) is 1.96. The molecular formula is C19H25N5O3. The number of aromatic nitrogens is 4. The van der Waals surface area contributed by atoms with Crippen LogP contribution in [0.2, 0.25) is 0 Å². The Morgan fingerprint density at radius 1 is 1.22 bits per heavy atom. The third-order valence-electron chi connectivity index (χ3n) is 5.59. The lowest BCUT2D eigenvalue weighted by Crippen LogP contribution is -2.39. The number of fused-ring (bicyclic) bond motifs is 1. The molecule has 0 bridgehead atoms. The van der Waals surface area contributed by atoms with Crippen molar-refractivity contribution in [2.24, 2.45) is 7.05 Å². The van der Waals surface area contributed by atoms with Crippen LogP contribution in [0.4, 0.5) is 0 Å². The third kappa shape index (κ3) is 3.48. The lowest BCUT2D eigenvalue weighted by molar-refractivity contribution is 0.0918. The van der Waals surface area contributed by atoms with Gasteiger partial charge in [-0.1, -0.05) is 0 Å². The first-order chi connectivity index (χ1) is 13.0. The molecule has 0 aromatic carbocycles. The van der Waals surface area contributed by atoms with Gasteiger partial charge in [0.05, 0.1) is 18.8 Å². The van der Waals surface area contributed by atoms with Crippen molar-refractivity contribution in [3.63, 3.8) is 0 Å². The zero-order valence-electron chi connectivity index (χ0n) is 15.8. The summed E-state index contributed by atoms with van der Waals surface area (Å²) in [5.41, 5.74) is 2.64. The summed E-state index contributed by atoms with van der Waals surface area (Å²) in [5, 5.41) is 11.8. The molecule has 2 aromatic rings. The fourth-order valence-corrected chi connectivity index (χ4v) is 4.18. The summed E-state index contributed by atoms with van der Waals surface area (Å²) >= 11 is 0. The van der Waals surface area contributed by atoms with Crippen LogP contribution in [0.5, 0.6) is 5.88 Å². The first-order valence-electron chi connectivity index (χ1n) is 9.55. The molecule has 1 saturated carbocycles. The fraction of sp³-hybridized carbons (Fsp3) is 0.579. The predicted octanol–water partition coefficient (Wildman–Crippen LogP) is 1.39. The maximum absolute atomic E-state index is 12.5. The number of carbonyl (C=O) groups excluding carboxylic acids is 1. The molecule has 1 fully saturated rings. The molecule has 8 nitrogen and oxygen atoms in total. The van der Waals surface area contributed by atoms with Gasteiger partial charge < -0.3 is 10.1 Å². The van der Waals surface area contributed by atoms with E-state index in [4.69, 9.17) is 4.74 Å². The van der Waals surface area contributed by atoms with E-state index in [1.807, 2.05) is 0 Å². The van der Waals surface area contributed by atoms with Crippen LogP contribution in [0.3, 0.4) is 0 Å². The number of methoxy groups -OCH3 is 1. The van der Waals surface area contributed by atoms with Crippen LogP contribution in [0.15, 0.2) is 17.1 Å². The molecule has 2 aromatic heterocycles. The summed E-state index contributed by atoms with van der Waals surface area (Å²) in [6.45, 7) is 0. The van der Waals surface area contributed by atoms with E-state index < -0.39 is 0 Å². The smallest absolute Gasteiger partial charge is 0.267 e. The van der Waals surface area contributed by atoms with Gasteiger partial charge in [0, 0.05) is 25.4 Å². The Morgan fingerprint density at radius 3 is 2.74 bits per heavy atom. The van der Waals surface area contributed by atoms with Crippen LogP contribution < -0.4 is 15.6 Å². The third-order valence-corrected chi connectivity index (χ3v) is 5.59. The molecule has 0 unspecified atom stereocenters. The number of ether oxygens (including phenoxy) is 1. The van der Waals surface area contributed by atoms with Crippen molar-refractivity contribution in [3.05, 3.63) is 39.4 Å². The molecule has 0 atom stereocenters. The van der Waals surface area contributed by atoms with Gasteiger partial charge in [0.2, 0.25) is 5.88 Å². The van der Waals surface area contributed by atoms with Crippen molar-refractivity contribution in [2.75, 3.05) is 7.11 Å². The predicted molar refractivity (Wildman–Crippen MR) is 99.0 cm³/mol. The Labute approximate surface area is 157 Å². The second-order valence-corrected chi connectivity index (χ2v) is 7.46. The largest absolute Gasteiger partial charge is 0.479 e. The number of aryl methyl sites for hydroxylation is 3. The number of amides is 1. The minimum absolute atomic E-state index is 0.00299. The zero-order chi connectivity index (χ0) is 19.0. The van der Waals surface area contributed by atoms with Crippen molar-refractivity contribution in [3.8, 4) is 5.88 Å². The second kappa shape index (κ2) is 7.17. The van der Waals surface area contributed by atoms with Gasteiger partial charge in [-0.3, -0.25) is 14.3 Å². The molecule has 144 valence electrons. The Kier molecular flexibility index (Phi) is 4.72. The topological polar surface area (TPSA) is 91.0 Å². The molecule has 0 radical (unpaired) electrons. The van der Waals surface area contributed by atoms with Crippen molar-refractivity contribution in [2.45, 2.75) is 57.0 Å². The minimum atomic E-state index is -0.170. The maximum Gasteiger partial charge on any atom is 0.267 e. The summed E-state index contributed by atoms with van der Waals surface area (Å²) in [5.74, 6) is 0.161.